The maximum Gasteiger partial charge on any atom is 0.294 e. The van der Waals surface area contributed by atoms with E-state index in [1.54, 1.807) is 0 Å². The molecule has 0 amide bonds. The predicted octanol–water partition coefficient (Wildman–Crippen LogP) is -2.96. The van der Waals surface area contributed by atoms with Crippen molar-refractivity contribution in [1.29, 1.82) is 0 Å². The van der Waals surface area contributed by atoms with Gasteiger partial charge in [0.1, 0.15) is 0 Å². The van der Waals surface area contributed by atoms with E-state index in [1.807, 2.05) is 0 Å². The first-order valence-electron chi connectivity index (χ1n) is 7.82. The van der Waals surface area contributed by atoms with Crippen molar-refractivity contribution in [2.45, 2.75) is 42.7 Å². The molecule has 1 rings (SSSR count). The molecule has 0 radical (unpaired) electrons. The molecule has 1 aliphatic carbocycles. The van der Waals surface area contributed by atoms with Crippen molar-refractivity contribution in [3.8, 4) is 0 Å². The van der Waals surface area contributed by atoms with Crippen LogP contribution >= 0.6 is 0 Å². The summed E-state index contributed by atoms with van der Waals surface area (Å²) in [5, 5.41) is 63.4. The lowest BCUT2D eigenvalue weighted by Crippen LogP contribution is -2.54. The smallest absolute Gasteiger partial charge is 0.294 e. The Bertz CT molecular complexity index is 668. The molecule has 0 aliphatic heterocycles. The van der Waals surface area contributed by atoms with Gasteiger partial charge in [-0.05, 0) is 0 Å². The Labute approximate surface area is 184 Å². The topological polar surface area (TPSA) is 367 Å². The molecular weight excluding hydrogens is 518 g/mol. The first kappa shape index (κ1) is 27.4. The van der Waals surface area contributed by atoms with E-state index < -0.39 is 78.3 Å². The molecule has 28 nitrogen and oxygen atoms in total. The Hall–Kier alpha value is -5.60. The molecule has 1 saturated carbocycles. The van der Waals surface area contributed by atoms with Crippen molar-refractivity contribution in [3.05, 3.63) is 70.8 Å². The third-order valence-electron chi connectivity index (χ3n) is 3.72. The Morgan fingerprint density at radius 1 is 0.286 bits per heavy atom. The van der Waals surface area contributed by atoms with Gasteiger partial charge in [-0.2, -0.15) is 0 Å². The average Bonchev–Trinajstić information content (AvgIpc) is 2.73. The van der Waals surface area contributed by atoms with Gasteiger partial charge in [-0.3, -0.25) is 0 Å². The van der Waals surface area contributed by atoms with Crippen LogP contribution in [0.3, 0.4) is 0 Å². The van der Waals surface area contributed by atoms with Crippen molar-refractivity contribution in [1.82, 2.24) is 0 Å². The second-order valence-electron chi connectivity index (χ2n) is 5.56. The van der Waals surface area contributed by atoms with Crippen LogP contribution in [-0.2, 0) is 33.9 Å². The van der Waals surface area contributed by atoms with Crippen molar-refractivity contribution in [2.75, 3.05) is 0 Å². The molecule has 1 fully saturated rings. The second-order valence-corrected chi connectivity index (χ2v) is 5.56. The Morgan fingerprint density at radius 2 is 0.371 bits per heavy atom. The predicted molar refractivity (Wildman–Crippen MR) is 83.1 cm³/mol. The van der Waals surface area contributed by atoms with Crippen LogP contribution in [0, 0.1) is 70.8 Å². The minimum atomic E-state index is -3.09. The first-order chi connectivity index (χ1) is 16.1. The summed E-state index contributed by atoms with van der Waals surface area (Å²) < 4.78 is 0. The fourth-order valence-electron chi connectivity index (χ4n) is 2.84. The first-order valence-corrected chi connectivity index (χ1v) is 7.82. The molecule has 1 aliphatic rings. The molecular formula is C7H7N7O21. The van der Waals surface area contributed by atoms with Gasteiger partial charge in [-0.1, -0.05) is 0 Å². The van der Waals surface area contributed by atoms with Crippen molar-refractivity contribution in [2.24, 2.45) is 0 Å². The third kappa shape index (κ3) is 7.79. The fourth-order valence-corrected chi connectivity index (χ4v) is 2.84. The minimum Gasteiger partial charge on any atom is -0.306 e. The number of hydrogen-bond acceptors (Lipinski definition) is 21. The van der Waals surface area contributed by atoms with E-state index in [1.165, 1.54) is 0 Å². The van der Waals surface area contributed by atoms with Crippen LogP contribution in [0.15, 0.2) is 0 Å². The molecule has 0 aromatic carbocycles. The molecule has 196 valence electrons. The number of nitrogens with zero attached hydrogens (tertiary/aromatic N) is 7. The zero-order valence-electron chi connectivity index (χ0n) is 15.7. The van der Waals surface area contributed by atoms with Crippen LogP contribution in [0.2, 0.25) is 0 Å². The lowest BCUT2D eigenvalue weighted by Gasteiger charge is -2.31. The summed E-state index contributed by atoms with van der Waals surface area (Å²) in [6.45, 7) is 0. The lowest BCUT2D eigenvalue weighted by molar-refractivity contribution is -0.835. The monoisotopic (exact) mass is 525 g/mol. The van der Waals surface area contributed by atoms with Crippen LogP contribution in [-0.4, -0.2) is 78.3 Å². The fraction of sp³-hybridized carbons (Fsp3) is 1.00. The summed E-state index contributed by atoms with van der Waals surface area (Å²) in [7, 11) is 0. The van der Waals surface area contributed by atoms with E-state index in [-0.39, 0.29) is 0 Å². The van der Waals surface area contributed by atoms with Gasteiger partial charge < -0.3 is 33.9 Å². The number of rotatable bonds is 14. The third-order valence-corrected chi connectivity index (χ3v) is 3.72. The molecule has 0 atom stereocenters. The minimum absolute atomic E-state index is 1.86. The highest BCUT2D eigenvalue weighted by Crippen LogP contribution is 2.34. The lowest BCUT2D eigenvalue weighted by atomic mass is 10.0. The van der Waals surface area contributed by atoms with E-state index in [9.17, 15) is 70.8 Å². The van der Waals surface area contributed by atoms with Crippen molar-refractivity contribution in [3.63, 3.8) is 0 Å². The molecule has 0 saturated heterocycles. The van der Waals surface area contributed by atoms with Gasteiger partial charge >= 0.3 is 0 Å². The molecule has 35 heavy (non-hydrogen) atoms. The van der Waals surface area contributed by atoms with Crippen LogP contribution in [0.4, 0.5) is 0 Å². The summed E-state index contributed by atoms with van der Waals surface area (Å²) >= 11 is 0. The SMILES string of the molecule is O=[N+]([O-])OC1C(O[N+](=O)[O-])C(O[N+](=O)[O-])C(O[N+](=O)[O-])C(O[N+](=O)[O-])C(O[N+](=O)[O-])C1O[N+](=O)[O-]. The van der Waals surface area contributed by atoms with Crippen LogP contribution in [0.25, 0.3) is 0 Å². The molecule has 0 aromatic rings. The summed E-state index contributed by atoms with van der Waals surface area (Å²) in [6, 6.07) is 0. The zero-order valence-corrected chi connectivity index (χ0v) is 15.7. The average molecular weight is 525 g/mol. The highest BCUT2D eigenvalue weighted by molar-refractivity contribution is 5.01. The van der Waals surface area contributed by atoms with Gasteiger partial charge in [0.25, 0.3) is 35.6 Å². The number of hydrogen-bond donors (Lipinski definition) is 0. The van der Waals surface area contributed by atoms with Crippen molar-refractivity contribution >= 4 is 0 Å². The molecule has 28 heteroatoms. The highest BCUT2D eigenvalue weighted by Gasteiger charge is 2.61. The second kappa shape index (κ2) is 11.3. The van der Waals surface area contributed by atoms with Crippen molar-refractivity contribution < 1.29 is 69.5 Å². The van der Waals surface area contributed by atoms with E-state index in [2.05, 4.69) is 33.9 Å². The summed E-state index contributed by atoms with van der Waals surface area (Å²) in [5.41, 5.74) is 0. The van der Waals surface area contributed by atoms with Gasteiger partial charge in [0.2, 0.25) is 0 Å². The Balaban J connectivity index is 4.02. The van der Waals surface area contributed by atoms with E-state index in [0.29, 0.717) is 0 Å². The standard InChI is InChI=1S/C7H7N7O21/c15-8(16)29-1-2(30-9(17)18)4(32-11(21)22)6(34-13(25)26)7(35-14(27)28)5(33-12(23)24)3(1)31-10(19)20/h1-7H. The summed E-state index contributed by atoms with van der Waals surface area (Å²) in [5.74, 6) is 0. The van der Waals surface area contributed by atoms with Gasteiger partial charge in [-0.15, -0.1) is 70.8 Å². The van der Waals surface area contributed by atoms with Crippen LogP contribution in [0.5, 0.6) is 0 Å². The van der Waals surface area contributed by atoms with E-state index >= 15 is 0 Å². The molecule has 0 spiro atoms. The molecule has 0 unspecified atom stereocenters. The van der Waals surface area contributed by atoms with Crippen LogP contribution < -0.4 is 0 Å². The van der Waals surface area contributed by atoms with Gasteiger partial charge in [0.05, 0.1) is 0 Å². The molecule has 0 N–H and O–H groups in total. The highest BCUT2D eigenvalue weighted by atomic mass is 17.0. The summed E-state index contributed by atoms with van der Waals surface area (Å²) in [6.07, 6.45) is -21.6. The molecule has 0 heterocycles. The van der Waals surface area contributed by atoms with Crippen LogP contribution in [0.1, 0.15) is 0 Å². The quantitative estimate of drug-likeness (QED) is 0.124. The maximum absolute atomic E-state index is 10.9. The van der Waals surface area contributed by atoms with E-state index in [0.717, 1.165) is 0 Å². The van der Waals surface area contributed by atoms with Gasteiger partial charge in [0, 0.05) is 0 Å². The van der Waals surface area contributed by atoms with Gasteiger partial charge in [0.15, 0.2) is 42.7 Å². The molecule has 0 aromatic heterocycles. The van der Waals surface area contributed by atoms with E-state index in [4.69, 9.17) is 0 Å². The Kier molecular flexibility index (Phi) is 8.87. The maximum atomic E-state index is 10.9. The Morgan fingerprint density at radius 3 is 0.429 bits per heavy atom. The van der Waals surface area contributed by atoms with Gasteiger partial charge in [-0.25, -0.2) is 0 Å². The zero-order chi connectivity index (χ0) is 27.0. The summed E-state index contributed by atoms with van der Waals surface area (Å²) in [4.78, 5) is 104. The normalized spacial score (nSPS) is 27.6. The molecule has 0 bridgehead atoms. The largest absolute Gasteiger partial charge is 0.306 e.